The maximum Gasteiger partial charge on any atom is 0.417 e. The molecular formula is C14H8F3IN2. The Morgan fingerprint density at radius 3 is 2.40 bits per heavy atom. The van der Waals surface area contributed by atoms with E-state index in [0.29, 0.717) is 5.69 Å². The highest BCUT2D eigenvalue weighted by Gasteiger charge is 2.33. The summed E-state index contributed by atoms with van der Waals surface area (Å²) in [5.74, 6) is 0. The lowest BCUT2D eigenvalue weighted by Crippen LogP contribution is -2.08. The molecule has 0 aromatic heterocycles. The Morgan fingerprint density at radius 1 is 1.10 bits per heavy atom. The highest BCUT2D eigenvalue weighted by atomic mass is 127. The van der Waals surface area contributed by atoms with Crippen molar-refractivity contribution in [2.24, 2.45) is 0 Å². The molecule has 0 bridgehead atoms. The SMILES string of the molecule is N#Cc1cc(Nc2ccccc2I)ccc1C(F)(F)F. The van der Waals surface area contributed by atoms with E-state index in [-0.39, 0.29) is 0 Å². The first-order valence-corrected chi connectivity index (χ1v) is 6.62. The number of nitriles is 1. The van der Waals surface area contributed by atoms with Gasteiger partial charge in [0.15, 0.2) is 0 Å². The molecule has 0 amide bonds. The fourth-order valence-corrected chi connectivity index (χ4v) is 2.20. The van der Waals surface area contributed by atoms with Gasteiger partial charge in [-0.1, -0.05) is 12.1 Å². The van der Waals surface area contributed by atoms with Gasteiger partial charge in [-0.25, -0.2) is 0 Å². The second kappa shape index (κ2) is 5.71. The monoisotopic (exact) mass is 388 g/mol. The minimum Gasteiger partial charge on any atom is -0.355 e. The molecule has 0 aliphatic rings. The van der Waals surface area contributed by atoms with Crippen molar-refractivity contribution in [3.63, 3.8) is 0 Å². The molecule has 0 aliphatic heterocycles. The van der Waals surface area contributed by atoms with Gasteiger partial charge in [0.2, 0.25) is 0 Å². The topological polar surface area (TPSA) is 35.8 Å². The summed E-state index contributed by atoms with van der Waals surface area (Å²) in [4.78, 5) is 0. The molecule has 2 aromatic carbocycles. The van der Waals surface area contributed by atoms with Crippen molar-refractivity contribution in [2.45, 2.75) is 6.18 Å². The molecule has 0 saturated heterocycles. The molecule has 0 spiro atoms. The number of hydrogen-bond donors (Lipinski definition) is 1. The summed E-state index contributed by atoms with van der Waals surface area (Å²) in [5, 5.41) is 11.8. The molecule has 0 fully saturated rings. The maximum atomic E-state index is 12.7. The second-order valence-corrected chi connectivity index (χ2v) is 5.14. The Bertz CT molecular complexity index is 675. The molecule has 1 N–H and O–H groups in total. The summed E-state index contributed by atoms with van der Waals surface area (Å²) in [6, 6.07) is 12.4. The number of benzene rings is 2. The molecule has 0 unspecified atom stereocenters. The van der Waals surface area contributed by atoms with E-state index >= 15 is 0 Å². The first-order chi connectivity index (χ1) is 9.41. The third-order valence-electron chi connectivity index (χ3n) is 2.60. The zero-order valence-electron chi connectivity index (χ0n) is 10.0. The lowest BCUT2D eigenvalue weighted by atomic mass is 10.1. The van der Waals surface area contributed by atoms with E-state index in [2.05, 4.69) is 27.9 Å². The van der Waals surface area contributed by atoms with Crippen LogP contribution in [0.5, 0.6) is 0 Å². The highest BCUT2D eigenvalue weighted by molar-refractivity contribution is 14.1. The number of nitrogens with one attached hydrogen (secondary N) is 1. The lowest BCUT2D eigenvalue weighted by molar-refractivity contribution is -0.137. The van der Waals surface area contributed by atoms with Crippen LogP contribution < -0.4 is 5.32 Å². The van der Waals surface area contributed by atoms with Crippen LogP contribution in [0.25, 0.3) is 0 Å². The Morgan fingerprint density at radius 2 is 1.80 bits per heavy atom. The van der Waals surface area contributed by atoms with Crippen molar-refractivity contribution in [2.75, 3.05) is 5.32 Å². The Labute approximate surface area is 127 Å². The first kappa shape index (κ1) is 14.7. The van der Waals surface area contributed by atoms with Crippen molar-refractivity contribution in [3.05, 3.63) is 57.2 Å². The Balaban J connectivity index is 2.37. The van der Waals surface area contributed by atoms with Crippen LogP contribution >= 0.6 is 22.6 Å². The van der Waals surface area contributed by atoms with Gasteiger partial charge in [-0.15, -0.1) is 0 Å². The largest absolute Gasteiger partial charge is 0.417 e. The summed E-state index contributed by atoms with van der Waals surface area (Å²) < 4.78 is 39.0. The smallest absolute Gasteiger partial charge is 0.355 e. The van der Waals surface area contributed by atoms with Gasteiger partial charge in [0.05, 0.1) is 22.9 Å². The van der Waals surface area contributed by atoms with Crippen LogP contribution in [0, 0.1) is 14.9 Å². The van der Waals surface area contributed by atoms with Crippen molar-refractivity contribution < 1.29 is 13.2 Å². The van der Waals surface area contributed by atoms with Gasteiger partial charge >= 0.3 is 6.18 Å². The number of nitrogens with zero attached hydrogens (tertiary/aromatic N) is 1. The molecule has 0 aliphatic carbocycles. The average Bonchev–Trinajstić information content (AvgIpc) is 2.40. The van der Waals surface area contributed by atoms with E-state index in [1.807, 2.05) is 24.3 Å². The van der Waals surface area contributed by atoms with Gasteiger partial charge < -0.3 is 5.32 Å². The standard InChI is InChI=1S/C14H8F3IN2/c15-14(16,17)11-6-5-10(7-9(11)8-19)20-13-4-2-1-3-12(13)18/h1-7,20H. The third kappa shape index (κ3) is 3.22. The number of hydrogen-bond acceptors (Lipinski definition) is 2. The fourth-order valence-electron chi connectivity index (χ4n) is 1.68. The summed E-state index contributed by atoms with van der Waals surface area (Å²) in [7, 11) is 0. The lowest BCUT2D eigenvalue weighted by Gasteiger charge is -2.12. The molecule has 2 rings (SSSR count). The van der Waals surface area contributed by atoms with Gasteiger partial charge in [0, 0.05) is 9.26 Å². The quantitative estimate of drug-likeness (QED) is 0.742. The Kier molecular flexibility index (Phi) is 4.18. The van der Waals surface area contributed by atoms with Crippen LogP contribution in [-0.2, 0) is 6.18 Å². The molecular weight excluding hydrogens is 380 g/mol. The van der Waals surface area contributed by atoms with Gasteiger partial charge in [-0.05, 0) is 52.9 Å². The van der Waals surface area contributed by atoms with Crippen molar-refractivity contribution >= 4 is 34.0 Å². The molecule has 0 radical (unpaired) electrons. The number of para-hydroxylation sites is 1. The molecule has 2 nitrogen and oxygen atoms in total. The Hall–Kier alpha value is -1.75. The number of halogens is 4. The fraction of sp³-hybridized carbons (Fsp3) is 0.0714. The number of rotatable bonds is 2. The summed E-state index contributed by atoms with van der Waals surface area (Å²) in [5.41, 5.74) is -0.0998. The zero-order valence-corrected chi connectivity index (χ0v) is 12.2. The summed E-state index contributed by atoms with van der Waals surface area (Å²) >= 11 is 2.12. The predicted octanol–water partition coefficient (Wildman–Crippen LogP) is 4.93. The molecule has 0 saturated carbocycles. The molecule has 20 heavy (non-hydrogen) atoms. The molecule has 0 atom stereocenters. The van der Waals surface area contributed by atoms with Gasteiger partial charge in [0.25, 0.3) is 0 Å². The molecule has 2 aromatic rings. The summed E-state index contributed by atoms with van der Waals surface area (Å²) in [6.45, 7) is 0. The summed E-state index contributed by atoms with van der Waals surface area (Å²) in [6.07, 6.45) is -4.52. The number of alkyl halides is 3. The third-order valence-corrected chi connectivity index (χ3v) is 3.54. The minimum atomic E-state index is -4.52. The van der Waals surface area contributed by atoms with Crippen LogP contribution in [0.4, 0.5) is 24.5 Å². The second-order valence-electron chi connectivity index (χ2n) is 3.97. The van der Waals surface area contributed by atoms with Crippen molar-refractivity contribution in [1.82, 2.24) is 0 Å². The van der Waals surface area contributed by atoms with E-state index in [0.717, 1.165) is 15.3 Å². The number of anilines is 2. The average molecular weight is 388 g/mol. The minimum absolute atomic E-state index is 0.395. The van der Waals surface area contributed by atoms with Gasteiger partial charge in [-0.3, -0.25) is 0 Å². The predicted molar refractivity (Wildman–Crippen MR) is 78.6 cm³/mol. The van der Waals surface area contributed by atoms with Gasteiger partial charge in [0.1, 0.15) is 0 Å². The van der Waals surface area contributed by atoms with Crippen molar-refractivity contribution in [1.29, 1.82) is 5.26 Å². The normalized spacial score (nSPS) is 10.9. The molecule has 0 heterocycles. The van der Waals surface area contributed by atoms with E-state index in [9.17, 15) is 13.2 Å². The molecule has 6 heteroatoms. The van der Waals surface area contributed by atoms with Crippen LogP contribution in [-0.4, -0.2) is 0 Å². The van der Waals surface area contributed by atoms with E-state index in [1.165, 1.54) is 12.1 Å². The van der Waals surface area contributed by atoms with Crippen LogP contribution in [0.2, 0.25) is 0 Å². The van der Waals surface area contributed by atoms with Gasteiger partial charge in [-0.2, -0.15) is 18.4 Å². The van der Waals surface area contributed by atoms with Crippen LogP contribution in [0.3, 0.4) is 0 Å². The van der Waals surface area contributed by atoms with E-state index in [1.54, 1.807) is 6.07 Å². The van der Waals surface area contributed by atoms with Crippen LogP contribution in [0.1, 0.15) is 11.1 Å². The van der Waals surface area contributed by atoms with E-state index < -0.39 is 17.3 Å². The zero-order chi connectivity index (χ0) is 14.8. The van der Waals surface area contributed by atoms with Crippen molar-refractivity contribution in [3.8, 4) is 6.07 Å². The first-order valence-electron chi connectivity index (χ1n) is 5.54. The van der Waals surface area contributed by atoms with E-state index in [4.69, 9.17) is 5.26 Å². The highest BCUT2D eigenvalue weighted by Crippen LogP contribution is 2.33. The molecule has 102 valence electrons. The van der Waals surface area contributed by atoms with Crippen LogP contribution in [0.15, 0.2) is 42.5 Å². The maximum absolute atomic E-state index is 12.7.